The van der Waals surface area contributed by atoms with Gasteiger partial charge in [0.2, 0.25) is 0 Å². The highest BCUT2D eigenvalue weighted by molar-refractivity contribution is 5.97. The molecule has 2 aliphatic heterocycles. The minimum Gasteiger partial charge on any atom is -0.493 e. The van der Waals surface area contributed by atoms with Crippen LogP contribution in [0.4, 0.5) is 5.69 Å². The molecule has 0 bridgehead atoms. The van der Waals surface area contributed by atoms with E-state index < -0.39 is 0 Å². The number of piperazine rings is 1. The van der Waals surface area contributed by atoms with Gasteiger partial charge in [0, 0.05) is 23.2 Å². The van der Waals surface area contributed by atoms with E-state index in [2.05, 4.69) is 23.5 Å². The second kappa shape index (κ2) is 8.76. The summed E-state index contributed by atoms with van der Waals surface area (Å²) in [5, 5.41) is 2.93. The first kappa shape index (κ1) is 19.6. The summed E-state index contributed by atoms with van der Waals surface area (Å²) >= 11 is 0. The summed E-state index contributed by atoms with van der Waals surface area (Å²) in [4.78, 5) is 26.8. The Kier molecular flexibility index (Phi) is 5.92. The first-order valence-corrected chi connectivity index (χ1v) is 10.4. The fourth-order valence-electron chi connectivity index (χ4n) is 4.20. The zero-order valence-electron chi connectivity index (χ0n) is 16.9. The summed E-state index contributed by atoms with van der Waals surface area (Å²) in [5.74, 6) is 1.04. The quantitative estimate of drug-likeness (QED) is 0.591. The minimum atomic E-state index is 0.00159. The molecule has 2 aromatic rings. The first-order valence-electron chi connectivity index (χ1n) is 10.4. The van der Waals surface area contributed by atoms with E-state index in [0.717, 1.165) is 51.5 Å². The number of anilines is 1. The second-order valence-electron chi connectivity index (χ2n) is 8.08. The molecule has 4 rings (SSSR count). The normalized spacial score (nSPS) is 20.6. The van der Waals surface area contributed by atoms with E-state index in [-0.39, 0.29) is 11.7 Å². The van der Waals surface area contributed by atoms with Crippen LogP contribution in [-0.2, 0) is 17.8 Å². The third kappa shape index (κ3) is 5.02. The van der Waals surface area contributed by atoms with Crippen molar-refractivity contribution in [1.29, 1.82) is 0 Å². The van der Waals surface area contributed by atoms with Crippen molar-refractivity contribution < 1.29 is 24.1 Å². The standard InChI is InChI=1S/C23H27N3O3/c1-17(27)19-3-2-4-21(14-19)24-23(28)16-26-10-8-25(9-11-26)15-18-5-6-22-20(13-18)7-12-29-22/h2-6,13-14H,7-12,15-16H2,1H3,(H,24,28)/p+2. The Labute approximate surface area is 171 Å². The lowest BCUT2D eigenvalue weighted by atomic mass is 10.1. The molecule has 2 aromatic carbocycles. The topological polar surface area (TPSA) is 64.3 Å². The summed E-state index contributed by atoms with van der Waals surface area (Å²) in [6.07, 6.45) is 1.01. The fourth-order valence-corrected chi connectivity index (χ4v) is 4.20. The van der Waals surface area contributed by atoms with Gasteiger partial charge in [-0.1, -0.05) is 12.1 Å². The van der Waals surface area contributed by atoms with Crippen molar-refractivity contribution in [2.45, 2.75) is 19.9 Å². The predicted molar refractivity (Wildman–Crippen MR) is 111 cm³/mol. The number of carbonyl (C=O) groups excluding carboxylic acids is 2. The second-order valence-corrected chi connectivity index (χ2v) is 8.08. The van der Waals surface area contributed by atoms with Crippen LogP contribution >= 0.6 is 0 Å². The van der Waals surface area contributed by atoms with E-state index in [4.69, 9.17) is 4.74 Å². The lowest BCUT2D eigenvalue weighted by Crippen LogP contribution is -3.28. The smallest absolute Gasteiger partial charge is 0.279 e. The van der Waals surface area contributed by atoms with Gasteiger partial charge in [-0.2, -0.15) is 0 Å². The predicted octanol–water partition coefficient (Wildman–Crippen LogP) is -0.254. The summed E-state index contributed by atoms with van der Waals surface area (Å²) in [7, 11) is 0. The number of fused-ring (bicyclic) bond motifs is 1. The Morgan fingerprint density at radius 3 is 2.62 bits per heavy atom. The molecule has 0 aromatic heterocycles. The molecule has 3 N–H and O–H groups in total. The molecule has 0 radical (unpaired) electrons. The Morgan fingerprint density at radius 2 is 1.83 bits per heavy atom. The first-order chi connectivity index (χ1) is 14.1. The zero-order valence-corrected chi connectivity index (χ0v) is 16.9. The van der Waals surface area contributed by atoms with Crippen LogP contribution in [0.2, 0.25) is 0 Å². The molecule has 0 spiro atoms. The average Bonchev–Trinajstić information content (AvgIpc) is 3.17. The van der Waals surface area contributed by atoms with Crippen molar-refractivity contribution in [3.05, 3.63) is 59.2 Å². The molecule has 1 fully saturated rings. The number of amides is 1. The molecule has 6 nitrogen and oxygen atoms in total. The molecular formula is C23H29N3O3+2. The van der Waals surface area contributed by atoms with E-state index in [9.17, 15) is 9.59 Å². The molecule has 2 aliphatic rings. The lowest BCUT2D eigenvalue weighted by molar-refractivity contribution is -1.02. The van der Waals surface area contributed by atoms with Gasteiger partial charge in [0.15, 0.2) is 12.3 Å². The maximum Gasteiger partial charge on any atom is 0.279 e. The third-order valence-corrected chi connectivity index (χ3v) is 5.84. The molecule has 6 heteroatoms. The highest BCUT2D eigenvalue weighted by Crippen LogP contribution is 2.25. The van der Waals surface area contributed by atoms with Crippen molar-refractivity contribution in [2.24, 2.45) is 0 Å². The maximum absolute atomic E-state index is 12.4. The van der Waals surface area contributed by atoms with Gasteiger partial charge < -0.3 is 19.9 Å². The summed E-state index contributed by atoms with van der Waals surface area (Å²) in [6.45, 7) is 7.94. The maximum atomic E-state index is 12.4. The number of Topliss-reactive ketones (excluding diaryl/α,β-unsaturated/α-hetero) is 1. The molecule has 0 unspecified atom stereocenters. The SMILES string of the molecule is CC(=O)c1cccc(NC(=O)C[NH+]2CC[NH+](Cc3ccc4c(c3)CCO4)CC2)c1. The van der Waals surface area contributed by atoms with Crippen molar-refractivity contribution in [3.63, 3.8) is 0 Å². The van der Waals surface area contributed by atoms with Crippen molar-refractivity contribution in [1.82, 2.24) is 0 Å². The molecule has 1 saturated heterocycles. The number of quaternary nitrogens is 2. The van der Waals surface area contributed by atoms with Crippen LogP contribution in [0.3, 0.4) is 0 Å². The molecule has 152 valence electrons. The number of ether oxygens (including phenoxy) is 1. The van der Waals surface area contributed by atoms with Gasteiger partial charge in [-0.05, 0) is 42.8 Å². The van der Waals surface area contributed by atoms with Crippen LogP contribution in [-0.4, -0.2) is 51.0 Å². The van der Waals surface area contributed by atoms with E-state index >= 15 is 0 Å². The van der Waals surface area contributed by atoms with E-state index in [0.29, 0.717) is 17.8 Å². The van der Waals surface area contributed by atoms with Crippen molar-refractivity contribution in [3.8, 4) is 5.75 Å². The van der Waals surface area contributed by atoms with Crippen molar-refractivity contribution >= 4 is 17.4 Å². The molecule has 2 heterocycles. The monoisotopic (exact) mass is 395 g/mol. The van der Waals surface area contributed by atoms with Gasteiger partial charge >= 0.3 is 0 Å². The van der Waals surface area contributed by atoms with Gasteiger partial charge in [-0.15, -0.1) is 0 Å². The highest BCUT2D eigenvalue weighted by Gasteiger charge is 2.25. The summed E-state index contributed by atoms with van der Waals surface area (Å²) < 4.78 is 5.59. The van der Waals surface area contributed by atoms with Crippen LogP contribution < -0.4 is 19.9 Å². The van der Waals surface area contributed by atoms with E-state index in [1.165, 1.54) is 23.0 Å². The average molecular weight is 396 g/mol. The number of hydrogen-bond acceptors (Lipinski definition) is 3. The number of nitrogens with one attached hydrogen (secondary N) is 3. The molecule has 29 heavy (non-hydrogen) atoms. The third-order valence-electron chi connectivity index (χ3n) is 5.84. The van der Waals surface area contributed by atoms with Crippen LogP contribution in [0.1, 0.15) is 28.4 Å². The van der Waals surface area contributed by atoms with Gasteiger partial charge in [0.25, 0.3) is 5.91 Å². The van der Waals surface area contributed by atoms with E-state index in [1.807, 2.05) is 6.07 Å². The molecular weight excluding hydrogens is 366 g/mol. The Hall–Kier alpha value is -2.70. The van der Waals surface area contributed by atoms with E-state index in [1.54, 1.807) is 23.1 Å². The van der Waals surface area contributed by atoms with Crippen LogP contribution in [0.15, 0.2) is 42.5 Å². The molecule has 0 aliphatic carbocycles. The van der Waals surface area contributed by atoms with Crippen LogP contribution in [0, 0.1) is 0 Å². The number of carbonyl (C=O) groups is 2. The largest absolute Gasteiger partial charge is 0.493 e. The Bertz CT molecular complexity index is 904. The van der Waals surface area contributed by atoms with Crippen LogP contribution in [0.25, 0.3) is 0 Å². The Balaban J connectivity index is 1.24. The minimum absolute atomic E-state index is 0.00159. The van der Waals surface area contributed by atoms with Gasteiger partial charge in [-0.3, -0.25) is 9.59 Å². The fraction of sp³-hybridized carbons (Fsp3) is 0.391. The van der Waals surface area contributed by atoms with Crippen molar-refractivity contribution in [2.75, 3.05) is 44.6 Å². The van der Waals surface area contributed by atoms with Gasteiger partial charge in [0.1, 0.15) is 38.5 Å². The number of hydrogen-bond donors (Lipinski definition) is 3. The number of rotatable bonds is 6. The van der Waals surface area contributed by atoms with Gasteiger partial charge in [-0.25, -0.2) is 0 Å². The molecule has 0 saturated carbocycles. The van der Waals surface area contributed by atoms with Gasteiger partial charge in [0.05, 0.1) is 6.61 Å². The van der Waals surface area contributed by atoms with Crippen LogP contribution in [0.5, 0.6) is 5.75 Å². The molecule has 1 amide bonds. The molecule has 0 atom stereocenters. The summed E-state index contributed by atoms with van der Waals surface area (Å²) in [5.41, 5.74) is 4.00. The lowest BCUT2D eigenvalue weighted by Gasteiger charge is -2.29. The zero-order chi connectivity index (χ0) is 20.2. The number of ketones is 1. The summed E-state index contributed by atoms with van der Waals surface area (Å²) in [6, 6.07) is 13.7. The number of benzene rings is 2. The Morgan fingerprint density at radius 1 is 1.03 bits per heavy atom. The highest BCUT2D eigenvalue weighted by atomic mass is 16.5.